The Hall–Kier alpha value is -1.91. The van der Waals surface area contributed by atoms with Crippen molar-refractivity contribution in [3.63, 3.8) is 0 Å². The number of hydrogen-bond donors (Lipinski definition) is 0. The number of aryl methyl sites for hydroxylation is 2. The Morgan fingerprint density at radius 3 is 1.81 bits per heavy atom. The van der Waals surface area contributed by atoms with Crippen molar-refractivity contribution < 1.29 is 4.79 Å². The summed E-state index contributed by atoms with van der Waals surface area (Å²) in [4.78, 5) is 13.1. The Balaban J connectivity index is 2.08. The Morgan fingerprint density at radius 1 is 0.905 bits per heavy atom. The first-order chi connectivity index (χ1) is 10.2. The second kappa shape index (κ2) is 5.84. The fourth-order valence-corrected chi connectivity index (χ4v) is 4.07. The average Bonchev–Trinajstić information content (AvgIpc) is 3.10. The number of benzene rings is 1. The molecule has 2 nitrogen and oxygen atoms in total. The first kappa shape index (κ1) is 14.0. The van der Waals surface area contributed by atoms with E-state index in [4.69, 9.17) is 0 Å². The molecule has 0 N–H and O–H groups in total. The van der Waals surface area contributed by atoms with Gasteiger partial charge in [-0.1, -0.05) is 0 Å². The summed E-state index contributed by atoms with van der Waals surface area (Å²) >= 11 is 3.46. The highest BCUT2D eigenvalue weighted by Crippen LogP contribution is 2.41. The van der Waals surface area contributed by atoms with Gasteiger partial charge in [0.15, 0.2) is 0 Å². The topological polar surface area (TPSA) is 20.3 Å². The number of carbonyl (C=O) groups excluding carboxylic acids is 1. The van der Waals surface area contributed by atoms with Gasteiger partial charge in [-0.25, -0.2) is 0 Å². The molecule has 3 rings (SSSR count). The predicted molar refractivity (Wildman–Crippen MR) is 91.7 cm³/mol. The van der Waals surface area contributed by atoms with Crippen molar-refractivity contribution in [2.24, 2.45) is 0 Å². The summed E-state index contributed by atoms with van der Waals surface area (Å²) in [6.45, 7) is 4.21. The molecule has 0 aliphatic rings. The first-order valence-electron chi connectivity index (χ1n) is 6.63. The summed E-state index contributed by atoms with van der Waals surface area (Å²) in [5, 5.41) is 6.69. The number of hydrogen-bond acceptors (Lipinski definition) is 4. The molecule has 2 aromatic heterocycles. The van der Waals surface area contributed by atoms with E-state index in [1.54, 1.807) is 22.7 Å². The maximum atomic E-state index is 10.8. The lowest BCUT2D eigenvalue weighted by atomic mass is 10.2. The third-order valence-electron chi connectivity index (χ3n) is 3.16. The van der Waals surface area contributed by atoms with E-state index in [1.807, 2.05) is 24.3 Å². The van der Waals surface area contributed by atoms with E-state index in [0.717, 1.165) is 12.0 Å². The van der Waals surface area contributed by atoms with E-state index in [1.165, 1.54) is 21.1 Å². The Labute approximate surface area is 132 Å². The molecule has 0 radical (unpaired) electrons. The van der Waals surface area contributed by atoms with Crippen LogP contribution in [0.15, 0.2) is 47.2 Å². The van der Waals surface area contributed by atoms with E-state index in [0.29, 0.717) is 5.56 Å². The molecule has 2 heterocycles. The molecule has 21 heavy (non-hydrogen) atoms. The van der Waals surface area contributed by atoms with Gasteiger partial charge in [-0.15, -0.1) is 22.7 Å². The second-order valence-electron chi connectivity index (χ2n) is 4.97. The molecule has 0 spiro atoms. The van der Waals surface area contributed by atoms with Crippen molar-refractivity contribution in [2.75, 3.05) is 4.90 Å². The first-order valence-corrected chi connectivity index (χ1v) is 8.39. The summed E-state index contributed by atoms with van der Waals surface area (Å²) in [6, 6.07) is 12.1. The lowest BCUT2D eigenvalue weighted by molar-refractivity contribution is 0.112. The van der Waals surface area contributed by atoms with E-state index in [-0.39, 0.29) is 0 Å². The van der Waals surface area contributed by atoms with Crippen LogP contribution in [0.4, 0.5) is 15.7 Å². The van der Waals surface area contributed by atoms with Crippen molar-refractivity contribution in [3.05, 3.63) is 63.8 Å². The number of anilines is 3. The van der Waals surface area contributed by atoms with Crippen LogP contribution in [0.2, 0.25) is 0 Å². The monoisotopic (exact) mass is 313 g/mol. The summed E-state index contributed by atoms with van der Waals surface area (Å²) in [5.41, 5.74) is 4.29. The zero-order valence-corrected chi connectivity index (χ0v) is 13.5. The van der Waals surface area contributed by atoms with Crippen molar-refractivity contribution >= 4 is 44.6 Å². The van der Waals surface area contributed by atoms with Gasteiger partial charge in [0.1, 0.15) is 16.3 Å². The lowest BCUT2D eigenvalue weighted by Crippen LogP contribution is -2.06. The summed E-state index contributed by atoms with van der Waals surface area (Å²) < 4.78 is 0. The van der Waals surface area contributed by atoms with E-state index in [2.05, 4.69) is 41.6 Å². The quantitative estimate of drug-likeness (QED) is 0.575. The van der Waals surface area contributed by atoms with Crippen LogP contribution in [0.3, 0.4) is 0 Å². The zero-order valence-electron chi connectivity index (χ0n) is 11.9. The number of thiophene rings is 2. The SMILES string of the molecule is Cc1csc(N(c2ccc(C=O)cc2)c2cc(C)cs2)c1. The molecule has 0 saturated heterocycles. The smallest absolute Gasteiger partial charge is 0.150 e. The number of carbonyl (C=O) groups is 1. The normalized spacial score (nSPS) is 10.6. The van der Waals surface area contributed by atoms with E-state index in [9.17, 15) is 4.79 Å². The maximum absolute atomic E-state index is 10.8. The van der Waals surface area contributed by atoms with Gasteiger partial charge in [0.25, 0.3) is 0 Å². The summed E-state index contributed by atoms with van der Waals surface area (Å²) in [7, 11) is 0. The molecule has 0 saturated carbocycles. The van der Waals surface area contributed by atoms with Crippen LogP contribution < -0.4 is 4.90 Å². The van der Waals surface area contributed by atoms with Crippen molar-refractivity contribution in [2.45, 2.75) is 13.8 Å². The Morgan fingerprint density at radius 2 is 1.43 bits per heavy atom. The fraction of sp³-hybridized carbons (Fsp3) is 0.118. The van der Waals surface area contributed by atoms with E-state index >= 15 is 0 Å². The molecule has 0 unspecified atom stereocenters. The van der Waals surface area contributed by atoms with Crippen LogP contribution in [-0.4, -0.2) is 6.29 Å². The standard InChI is InChI=1S/C17H15NOS2/c1-12-7-16(20-10-12)18(17-8-13(2)11-21-17)15-5-3-14(9-19)4-6-15/h3-11H,1-2H3. The van der Waals surface area contributed by atoms with Gasteiger partial charge >= 0.3 is 0 Å². The minimum absolute atomic E-state index is 0.698. The van der Waals surface area contributed by atoms with Crippen LogP contribution in [0.25, 0.3) is 0 Å². The lowest BCUT2D eigenvalue weighted by Gasteiger charge is -2.21. The number of rotatable bonds is 4. The molecular weight excluding hydrogens is 298 g/mol. The van der Waals surface area contributed by atoms with Gasteiger partial charge in [0.05, 0.1) is 0 Å². The molecule has 0 aliphatic carbocycles. The summed E-state index contributed by atoms with van der Waals surface area (Å²) in [6.07, 6.45) is 0.874. The van der Waals surface area contributed by atoms with E-state index < -0.39 is 0 Å². The van der Waals surface area contributed by atoms with Crippen molar-refractivity contribution in [1.29, 1.82) is 0 Å². The molecule has 0 bridgehead atoms. The van der Waals surface area contributed by atoms with Gasteiger partial charge in [-0.2, -0.15) is 0 Å². The van der Waals surface area contributed by atoms with Crippen LogP contribution in [-0.2, 0) is 0 Å². The zero-order chi connectivity index (χ0) is 14.8. The molecule has 1 aromatic carbocycles. The maximum Gasteiger partial charge on any atom is 0.150 e. The van der Waals surface area contributed by atoms with Crippen LogP contribution in [0.1, 0.15) is 21.5 Å². The molecule has 106 valence electrons. The van der Waals surface area contributed by atoms with Crippen LogP contribution >= 0.6 is 22.7 Å². The number of aldehydes is 1. The largest absolute Gasteiger partial charge is 0.298 e. The molecule has 0 fully saturated rings. The van der Waals surface area contributed by atoms with Gasteiger partial charge in [-0.3, -0.25) is 9.69 Å². The number of nitrogens with zero attached hydrogens (tertiary/aromatic N) is 1. The highest BCUT2D eigenvalue weighted by Gasteiger charge is 2.15. The van der Waals surface area contributed by atoms with Crippen LogP contribution in [0, 0.1) is 13.8 Å². The highest BCUT2D eigenvalue weighted by molar-refractivity contribution is 7.16. The minimum Gasteiger partial charge on any atom is -0.298 e. The van der Waals surface area contributed by atoms with Gasteiger partial charge in [-0.05, 0) is 72.1 Å². The molecule has 0 amide bonds. The molecule has 4 heteroatoms. The van der Waals surface area contributed by atoms with Gasteiger partial charge < -0.3 is 0 Å². The Kier molecular flexibility index (Phi) is 3.90. The molecule has 0 atom stereocenters. The third kappa shape index (κ3) is 2.91. The van der Waals surface area contributed by atoms with Crippen LogP contribution in [0.5, 0.6) is 0 Å². The Bertz CT molecular complexity index is 715. The third-order valence-corrected chi connectivity index (χ3v) is 5.22. The highest BCUT2D eigenvalue weighted by atomic mass is 32.1. The summed E-state index contributed by atoms with van der Waals surface area (Å²) in [5.74, 6) is 0. The molecule has 0 aliphatic heterocycles. The average molecular weight is 313 g/mol. The molecular formula is C17H15NOS2. The van der Waals surface area contributed by atoms with Crippen molar-refractivity contribution in [3.8, 4) is 0 Å². The second-order valence-corrected chi connectivity index (χ2v) is 6.75. The van der Waals surface area contributed by atoms with Gasteiger partial charge in [0, 0.05) is 11.3 Å². The molecule has 3 aromatic rings. The minimum atomic E-state index is 0.698. The predicted octanol–water partition coefficient (Wildman–Crippen LogP) is 5.71. The van der Waals surface area contributed by atoms with Crippen molar-refractivity contribution in [1.82, 2.24) is 0 Å². The van der Waals surface area contributed by atoms with Gasteiger partial charge in [0.2, 0.25) is 0 Å². The fourth-order valence-electron chi connectivity index (χ4n) is 2.13.